The highest BCUT2D eigenvalue weighted by Gasteiger charge is 2.29. The van der Waals surface area contributed by atoms with Crippen molar-refractivity contribution in [2.45, 2.75) is 45.4 Å². The molecule has 4 heterocycles. The molecule has 0 radical (unpaired) electrons. The third kappa shape index (κ3) is 4.94. The number of halogens is 3. The van der Waals surface area contributed by atoms with Crippen molar-refractivity contribution < 1.29 is 9.50 Å². The van der Waals surface area contributed by atoms with E-state index in [2.05, 4.69) is 33.5 Å². The molecule has 2 atom stereocenters. The number of anilines is 3. The molecule has 1 aromatic carbocycles. The summed E-state index contributed by atoms with van der Waals surface area (Å²) in [5.41, 5.74) is 2.16. The van der Waals surface area contributed by atoms with Crippen LogP contribution in [0, 0.1) is 5.82 Å². The van der Waals surface area contributed by atoms with Gasteiger partial charge in [0.15, 0.2) is 0 Å². The number of nitrogens with zero attached hydrogens (tertiary/aromatic N) is 6. The van der Waals surface area contributed by atoms with Gasteiger partial charge in [-0.2, -0.15) is 4.98 Å². The number of hydrogen-bond donors (Lipinski definition) is 1. The summed E-state index contributed by atoms with van der Waals surface area (Å²) in [6.45, 7) is 7.30. The first kappa shape index (κ1) is 25.0. The number of aliphatic hydroxyl groups is 1. The fraction of sp³-hybridized carbons (Fsp3) is 0.423. The van der Waals surface area contributed by atoms with Crippen LogP contribution in [0.2, 0.25) is 10.0 Å². The molecule has 3 aromatic rings. The average Bonchev–Trinajstić information content (AvgIpc) is 3.31. The number of hydrogen-bond acceptors (Lipinski definition) is 7. The van der Waals surface area contributed by atoms with Gasteiger partial charge in [-0.15, -0.1) is 0 Å². The lowest BCUT2D eigenvalue weighted by atomic mass is 10.1. The minimum Gasteiger partial charge on any atom is -0.392 e. The van der Waals surface area contributed by atoms with Crippen molar-refractivity contribution in [2.75, 3.05) is 40.9 Å². The molecule has 0 spiro atoms. The summed E-state index contributed by atoms with van der Waals surface area (Å²) in [7, 11) is 0. The SMILES string of the molecule is CC1CCCN1c1nc(-c2ccc(F)c(Cl)c2)cc(N2CCN(c3ncc(CO)cc3Cl)C[C@H]2C)n1. The Kier molecular flexibility index (Phi) is 7.19. The number of piperazine rings is 1. The largest absolute Gasteiger partial charge is 0.392 e. The molecule has 0 aliphatic carbocycles. The number of rotatable bonds is 5. The quantitative estimate of drug-likeness (QED) is 0.487. The molecule has 2 aromatic heterocycles. The molecule has 36 heavy (non-hydrogen) atoms. The summed E-state index contributed by atoms with van der Waals surface area (Å²) < 4.78 is 13.8. The van der Waals surface area contributed by atoms with Gasteiger partial charge in [0.1, 0.15) is 17.5 Å². The monoisotopic (exact) mass is 530 g/mol. The molecule has 2 saturated heterocycles. The van der Waals surface area contributed by atoms with E-state index in [1.54, 1.807) is 24.4 Å². The van der Waals surface area contributed by atoms with Gasteiger partial charge in [-0.3, -0.25) is 0 Å². The molecule has 0 amide bonds. The fourth-order valence-electron chi connectivity index (χ4n) is 5.01. The molecule has 5 rings (SSSR count). The van der Waals surface area contributed by atoms with Gasteiger partial charge in [-0.1, -0.05) is 23.2 Å². The van der Waals surface area contributed by atoms with Gasteiger partial charge in [0, 0.05) is 56.1 Å². The zero-order valence-corrected chi connectivity index (χ0v) is 21.8. The maximum atomic E-state index is 13.8. The Morgan fingerprint density at radius 3 is 2.50 bits per heavy atom. The molecule has 7 nitrogen and oxygen atoms in total. The normalized spacial score (nSPS) is 20.3. The van der Waals surface area contributed by atoms with Crippen LogP contribution in [0.3, 0.4) is 0 Å². The van der Waals surface area contributed by atoms with Gasteiger partial charge >= 0.3 is 0 Å². The molecule has 190 valence electrons. The Morgan fingerprint density at radius 2 is 1.83 bits per heavy atom. The second-order valence-corrected chi connectivity index (χ2v) is 10.3. The van der Waals surface area contributed by atoms with E-state index >= 15 is 0 Å². The topological polar surface area (TPSA) is 68.6 Å². The highest BCUT2D eigenvalue weighted by atomic mass is 35.5. The van der Waals surface area contributed by atoms with E-state index in [0.29, 0.717) is 35.7 Å². The van der Waals surface area contributed by atoms with Gasteiger partial charge in [0.05, 0.1) is 22.3 Å². The lowest BCUT2D eigenvalue weighted by Gasteiger charge is -2.41. The molecular formula is C26H29Cl2FN6O. The van der Waals surface area contributed by atoms with Crippen molar-refractivity contribution in [3.63, 3.8) is 0 Å². The van der Waals surface area contributed by atoms with Gasteiger partial charge in [-0.25, -0.2) is 14.4 Å². The van der Waals surface area contributed by atoms with Gasteiger partial charge in [0.25, 0.3) is 0 Å². The minimum atomic E-state index is -0.452. The highest BCUT2D eigenvalue weighted by molar-refractivity contribution is 6.33. The Bertz CT molecular complexity index is 1260. The summed E-state index contributed by atoms with van der Waals surface area (Å²) in [5.74, 6) is 1.78. The lowest BCUT2D eigenvalue weighted by molar-refractivity contribution is 0.281. The molecule has 2 fully saturated rings. The van der Waals surface area contributed by atoms with E-state index in [4.69, 9.17) is 33.2 Å². The summed E-state index contributed by atoms with van der Waals surface area (Å²) in [6.07, 6.45) is 3.86. The van der Waals surface area contributed by atoms with Crippen LogP contribution in [0.15, 0.2) is 36.5 Å². The first-order valence-corrected chi connectivity index (χ1v) is 13.0. The van der Waals surface area contributed by atoms with Crippen LogP contribution in [0.25, 0.3) is 11.3 Å². The van der Waals surface area contributed by atoms with Crippen LogP contribution in [0.1, 0.15) is 32.3 Å². The highest BCUT2D eigenvalue weighted by Crippen LogP contribution is 2.33. The second-order valence-electron chi connectivity index (χ2n) is 9.52. The Hall–Kier alpha value is -2.68. The van der Waals surface area contributed by atoms with Crippen LogP contribution in [-0.4, -0.2) is 58.3 Å². The molecular weight excluding hydrogens is 502 g/mol. The Labute approximate surface area is 220 Å². The van der Waals surface area contributed by atoms with Crippen molar-refractivity contribution >= 4 is 40.8 Å². The first-order chi connectivity index (χ1) is 17.3. The van der Waals surface area contributed by atoms with Crippen molar-refractivity contribution in [2.24, 2.45) is 0 Å². The van der Waals surface area contributed by atoms with Gasteiger partial charge < -0.3 is 19.8 Å². The number of benzene rings is 1. The van der Waals surface area contributed by atoms with Crippen molar-refractivity contribution in [1.29, 1.82) is 0 Å². The molecule has 10 heteroatoms. The third-order valence-corrected chi connectivity index (χ3v) is 7.58. The summed E-state index contributed by atoms with van der Waals surface area (Å²) in [4.78, 5) is 21.0. The van der Waals surface area contributed by atoms with E-state index in [1.165, 1.54) is 6.07 Å². The van der Waals surface area contributed by atoms with Crippen LogP contribution in [0.4, 0.5) is 22.0 Å². The Morgan fingerprint density at radius 1 is 1.00 bits per heavy atom. The zero-order chi connectivity index (χ0) is 25.4. The van der Waals surface area contributed by atoms with Gasteiger partial charge in [0.2, 0.25) is 5.95 Å². The predicted octanol–water partition coefficient (Wildman–Crippen LogP) is 5.18. The van der Waals surface area contributed by atoms with Gasteiger partial charge in [-0.05, 0) is 56.5 Å². The third-order valence-electron chi connectivity index (χ3n) is 7.01. The van der Waals surface area contributed by atoms with E-state index in [-0.39, 0.29) is 17.7 Å². The second kappa shape index (κ2) is 10.4. The minimum absolute atomic E-state index is 0.0716. The van der Waals surface area contributed by atoms with Crippen LogP contribution < -0.4 is 14.7 Å². The van der Waals surface area contributed by atoms with E-state index < -0.39 is 5.82 Å². The van der Waals surface area contributed by atoms with Crippen LogP contribution >= 0.6 is 23.2 Å². The summed E-state index contributed by atoms with van der Waals surface area (Å²) >= 11 is 12.6. The van der Waals surface area contributed by atoms with Crippen LogP contribution in [-0.2, 0) is 6.61 Å². The maximum absolute atomic E-state index is 13.8. The number of aromatic nitrogens is 3. The molecule has 1 N–H and O–H groups in total. The number of pyridine rings is 1. The molecule has 0 saturated carbocycles. The standard InChI is InChI=1S/C26H29Cl2FN6O/c1-16-4-3-7-35(16)26-31-23(19-5-6-22(29)20(27)11-19)12-24(32-26)34-9-8-33(14-17(34)2)25-21(28)10-18(15-36)13-30-25/h5-6,10-13,16-17,36H,3-4,7-9,14-15H2,1-2H3/t16?,17-/m1/s1. The predicted molar refractivity (Wildman–Crippen MR) is 143 cm³/mol. The number of aliphatic hydroxyl groups excluding tert-OH is 1. The van der Waals surface area contributed by atoms with E-state index in [0.717, 1.165) is 48.8 Å². The molecule has 0 bridgehead atoms. The van der Waals surface area contributed by atoms with Crippen molar-refractivity contribution in [3.8, 4) is 11.3 Å². The molecule has 1 unspecified atom stereocenters. The maximum Gasteiger partial charge on any atom is 0.228 e. The van der Waals surface area contributed by atoms with Crippen molar-refractivity contribution in [1.82, 2.24) is 15.0 Å². The van der Waals surface area contributed by atoms with Crippen molar-refractivity contribution in [3.05, 3.63) is 58.0 Å². The fourth-order valence-corrected chi connectivity index (χ4v) is 5.50. The Balaban J connectivity index is 1.46. The molecule has 2 aliphatic heterocycles. The first-order valence-electron chi connectivity index (χ1n) is 12.2. The van der Waals surface area contributed by atoms with E-state index in [9.17, 15) is 9.50 Å². The van der Waals surface area contributed by atoms with Crippen LogP contribution in [0.5, 0.6) is 0 Å². The molecule has 2 aliphatic rings. The average molecular weight is 531 g/mol. The summed E-state index contributed by atoms with van der Waals surface area (Å²) in [5, 5.41) is 9.96. The lowest BCUT2D eigenvalue weighted by Crippen LogP contribution is -2.52. The zero-order valence-electron chi connectivity index (χ0n) is 20.3. The smallest absolute Gasteiger partial charge is 0.228 e. The summed E-state index contributed by atoms with van der Waals surface area (Å²) in [6, 6.07) is 8.89. The van der Waals surface area contributed by atoms with E-state index in [1.807, 2.05) is 6.07 Å².